The minimum atomic E-state index is -1.00. The lowest BCUT2D eigenvalue weighted by Crippen LogP contribution is -2.24. The van der Waals surface area contributed by atoms with Crippen molar-refractivity contribution < 1.29 is 14.6 Å². The molecule has 1 aromatic rings. The normalized spacial score (nSPS) is 23.1. The minimum Gasteiger partial charge on any atom is -0.488 e. The van der Waals surface area contributed by atoms with Gasteiger partial charge in [0.2, 0.25) is 0 Å². The van der Waals surface area contributed by atoms with Crippen LogP contribution < -0.4 is 4.74 Å². The van der Waals surface area contributed by atoms with Crippen LogP contribution in [-0.4, -0.2) is 17.2 Å². The number of carboxylic acids is 1. The topological polar surface area (TPSA) is 46.5 Å². The standard InChI is InChI=1S/C15H19ClO3/c1-2-10-6-8-11(9-7-10)19-14-12(15(17)18)4-3-5-13(14)16/h3-5,10-11H,2,6-9H2,1H3,(H,17,18). The molecule has 0 aromatic heterocycles. The molecule has 1 fully saturated rings. The molecule has 0 unspecified atom stereocenters. The van der Waals surface area contributed by atoms with Gasteiger partial charge in [0.1, 0.15) is 5.56 Å². The maximum Gasteiger partial charge on any atom is 0.339 e. The van der Waals surface area contributed by atoms with Crippen molar-refractivity contribution in [2.75, 3.05) is 0 Å². The third-order valence-electron chi connectivity index (χ3n) is 3.85. The van der Waals surface area contributed by atoms with Crippen molar-refractivity contribution in [3.63, 3.8) is 0 Å². The fourth-order valence-electron chi connectivity index (χ4n) is 2.62. The Kier molecular flexibility index (Phi) is 4.70. The van der Waals surface area contributed by atoms with Crippen molar-refractivity contribution in [2.24, 2.45) is 5.92 Å². The zero-order valence-electron chi connectivity index (χ0n) is 11.1. The Morgan fingerprint density at radius 3 is 2.63 bits per heavy atom. The van der Waals surface area contributed by atoms with Crippen LogP contribution in [0.1, 0.15) is 49.4 Å². The quantitative estimate of drug-likeness (QED) is 0.891. The molecular formula is C15H19ClO3. The Hall–Kier alpha value is -1.22. The van der Waals surface area contributed by atoms with Crippen molar-refractivity contribution in [2.45, 2.75) is 45.1 Å². The van der Waals surface area contributed by atoms with Gasteiger partial charge in [-0.2, -0.15) is 0 Å². The molecule has 1 N–H and O–H groups in total. The smallest absolute Gasteiger partial charge is 0.339 e. The molecule has 0 saturated heterocycles. The van der Waals surface area contributed by atoms with Crippen molar-refractivity contribution in [1.82, 2.24) is 0 Å². The number of aromatic carboxylic acids is 1. The molecule has 0 radical (unpaired) electrons. The van der Waals surface area contributed by atoms with Crippen LogP contribution >= 0.6 is 11.6 Å². The summed E-state index contributed by atoms with van der Waals surface area (Å²) in [5.74, 6) is 0.0985. The van der Waals surface area contributed by atoms with E-state index in [9.17, 15) is 4.79 Å². The fraction of sp³-hybridized carbons (Fsp3) is 0.533. The summed E-state index contributed by atoms with van der Waals surface area (Å²) in [4.78, 5) is 11.2. The first-order chi connectivity index (χ1) is 9.11. The van der Waals surface area contributed by atoms with Crippen LogP contribution in [0.15, 0.2) is 18.2 Å². The van der Waals surface area contributed by atoms with Gasteiger partial charge in [-0.05, 0) is 43.7 Å². The lowest BCUT2D eigenvalue weighted by Gasteiger charge is -2.29. The molecule has 0 spiro atoms. The highest BCUT2D eigenvalue weighted by Gasteiger charge is 2.24. The molecule has 0 aliphatic heterocycles. The summed E-state index contributed by atoms with van der Waals surface area (Å²) in [7, 11) is 0. The Bertz CT molecular complexity index is 451. The van der Waals surface area contributed by atoms with E-state index in [1.54, 1.807) is 12.1 Å². The molecule has 1 aromatic carbocycles. The maximum absolute atomic E-state index is 11.2. The molecule has 0 heterocycles. The molecule has 0 atom stereocenters. The Balaban J connectivity index is 2.09. The van der Waals surface area contributed by atoms with Gasteiger partial charge >= 0.3 is 5.97 Å². The number of carboxylic acid groups (broad SMARTS) is 1. The second-order valence-electron chi connectivity index (χ2n) is 5.09. The Morgan fingerprint density at radius 2 is 2.05 bits per heavy atom. The molecule has 104 valence electrons. The molecule has 3 nitrogen and oxygen atoms in total. The van der Waals surface area contributed by atoms with Crippen molar-refractivity contribution >= 4 is 17.6 Å². The molecule has 19 heavy (non-hydrogen) atoms. The van der Waals surface area contributed by atoms with Crippen LogP contribution in [0.25, 0.3) is 0 Å². The lowest BCUT2D eigenvalue weighted by molar-refractivity contribution is 0.0683. The third kappa shape index (κ3) is 3.41. The largest absolute Gasteiger partial charge is 0.488 e. The van der Waals surface area contributed by atoms with Gasteiger partial charge in [0.25, 0.3) is 0 Å². The number of rotatable bonds is 4. The zero-order valence-corrected chi connectivity index (χ0v) is 11.8. The monoisotopic (exact) mass is 282 g/mol. The van der Waals surface area contributed by atoms with E-state index in [0.717, 1.165) is 31.6 Å². The highest BCUT2D eigenvalue weighted by molar-refractivity contribution is 6.32. The molecule has 4 heteroatoms. The van der Waals surface area contributed by atoms with Crippen molar-refractivity contribution in [3.8, 4) is 5.75 Å². The molecular weight excluding hydrogens is 264 g/mol. The molecule has 0 bridgehead atoms. The van der Waals surface area contributed by atoms with Crippen LogP contribution in [0.4, 0.5) is 0 Å². The van der Waals surface area contributed by atoms with Gasteiger partial charge in [0.05, 0.1) is 11.1 Å². The first-order valence-corrected chi connectivity index (χ1v) is 7.18. The summed E-state index contributed by atoms with van der Waals surface area (Å²) in [6.45, 7) is 2.21. The Labute approximate surface area is 118 Å². The predicted octanol–water partition coefficient (Wildman–Crippen LogP) is 4.39. The van der Waals surface area contributed by atoms with Crippen LogP contribution in [0.2, 0.25) is 5.02 Å². The molecule has 1 aliphatic carbocycles. The second-order valence-corrected chi connectivity index (χ2v) is 5.50. The fourth-order valence-corrected chi connectivity index (χ4v) is 2.84. The number of hydrogen-bond donors (Lipinski definition) is 1. The van der Waals surface area contributed by atoms with E-state index in [-0.39, 0.29) is 11.7 Å². The van der Waals surface area contributed by atoms with Gasteiger partial charge in [-0.25, -0.2) is 4.79 Å². The third-order valence-corrected chi connectivity index (χ3v) is 4.15. The number of ether oxygens (including phenoxy) is 1. The summed E-state index contributed by atoms with van der Waals surface area (Å²) in [6.07, 6.45) is 5.54. The summed E-state index contributed by atoms with van der Waals surface area (Å²) >= 11 is 6.06. The summed E-state index contributed by atoms with van der Waals surface area (Å²) in [5, 5.41) is 9.53. The van der Waals surface area contributed by atoms with E-state index in [0.29, 0.717) is 10.8 Å². The van der Waals surface area contributed by atoms with Gasteiger partial charge in [-0.1, -0.05) is 31.0 Å². The van der Waals surface area contributed by atoms with Gasteiger partial charge < -0.3 is 9.84 Å². The highest BCUT2D eigenvalue weighted by Crippen LogP contribution is 2.34. The molecule has 1 aliphatic rings. The number of carbonyl (C=O) groups is 1. The first kappa shape index (κ1) is 14.2. The average molecular weight is 283 g/mol. The highest BCUT2D eigenvalue weighted by atomic mass is 35.5. The average Bonchev–Trinajstić information content (AvgIpc) is 2.41. The van der Waals surface area contributed by atoms with Crippen LogP contribution in [0, 0.1) is 5.92 Å². The van der Waals surface area contributed by atoms with E-state index >= 15 is 0 Å². The molecule has 1 saturated carbocycles. The van der Waals surface area contributed by atoms with Gasteiger partial charge in [-0.3, -0.25) is 0 Å². The van der Waals surface area contributed by atoms with E-state index < -0.39 is 5.97 Å². The van der Waals surface area contributed by atoms with Gasteiger partial charge in [0, 0.05) is 0 Å². The first-order valence-electron chi connectivity index (χ1n) is 6.80. The number of benzene rings is 1. The maximum atomic E-state index is 11.2. The van der Waals surface area contributed by atoms with E-state index in [1.165, 1.54) is 12.5 Å². The molecule has 0 amide bonds. The van der Waals surface area contributed by atoms with Crippen LogP contribution in [0.3, 0.4) is 0 Å². The Morgan fingerprint density at radius 1 is 1.37 bits per heavy atom. The predicted molar refractivity (Wildman–Crippen MR) is 75.1 cm³/mol. The van der Waals surface area contributed by atoms with Gasteiger partial charge in [0.15, 0.2) is 5.75 Å². The second kappa shape index (κ2) is 6.29. The SMILES string of the molecule is CCC1CCC(Oc2c(Cl)cccc2C(=O)O)CC1. The van der Waals surface area contributed by atoms with Crippen molar-refractivity contribution in [3.05, 3.63) is 28.8 Å². The number of halogens is 1. The number of hydrogen-bond acceptors (Lipinski definition) is 2. The number of para-hydroxylation sites is 1. The molecule has 2 rings (SSSR count). The van der Waals surface area contributed by atoms with E-state index in [4.69, 9.17) is 21.4 Å². The van der Waals surface area contributed by atoms with E-state index in [2.05, 4.69) is 6.92 Å². The van der Waals surface area contributed by atoms with Gasteiger partial charge in [-0.15, -0.1) is 0 Å². The summed E-state index contributed by atoms with van der Waals surface area (Å²) < 4.78 is 5.86. The summed E-state index contributed by atoms with van der Waals surface area (Å²) in [6, 6.07) is 4.83. The van der Waals surface area contributed by atoms with Crippen molar-refractivity contribution in [1.29, 1.82) is 0 Å². The van der Waals surface area contributed by atoms with E-state index in [1.807, 2.05) is 0 Å². The minimum absolute atomic E-state index is 0.0841. The summed E-state index contributed by atoms with van der Waals surface area (Å²) in [5.41, 5.74) is 0.144. The van der Waals surface area contributed by atoms with Crippen LogP contribution in [0.5, 0.6) is 5.75 Å². The van der Waals surface area contributed by atoms with Crippen LogP contribution in [-0.2, 0) is 0 Å². The lowest BCUT2D eigenvalue weighted by atomic mass is 9.86. The zero-order chi connectivity index (χ0) is 13.8.